The van der Waals surface area contributed by atoms with Crippen molar-refractivity contribution < 1.29 is 9.53 Å². The summed E-state index contributed by atoms with van der Waals surface area (Å²) in [6, 6.07) is -0.0696. The summed E-state index contributed by atoms with van der Waals surface area (Å²) in [6.45, 7) is 6.77. The van der Waals surface area contributed by atoms with Crippen LogP contribution in [0.2, 0.25) is 0 Å². The van der Waals surface area contributed by atoms with Crippen molar-refractivity contribution in [1.29, 1.82) is 0 Å². The lowest BCUT2D eigenvalue weighted by Crippen LogP contribution is -2.37. The van der Waals surface area contributed by atoms with Crippen LogP contribution in [-0.4, -0.2) is 24.2 Å². The summed E-state index contributed by atoms with van der Waals surface area (Å²) in [5.74, 6) is 1.46. The van der Waals surface area contributed by atoms with Crippen molar-refractivity contribution in [3.63, 3.8) is 0 Å². The lowest BCUT2D eigenvalue weighted by molar-refractivity contribution is -0.157. The fraction of sp³-hybridized carbons (Fsp3) is 0.929. The van der Waals surface area contributed by atoms with Crippen LogP contribution in [0.5, 0.6) is 0 Å². The molecule has 2 fully saturated rings. The van der Waals surface area contributed by atoms with Gasteiger partial charge in [0, 0.05) is 0 Å². The predicted molar refractivity (Wildman–Crippen MR) is 67.7 cm³/mol. The van der Waals surface area contributed by atoms with Gasteiger partial charge in [-0.2, -0.15) is 0 Å². The lowest BCUT2D eigenvalue weighted by atomic mass is 9.89. The zero-order chi connectivity index (χ0) is 12.5. The van der Waals surface area contributed by atoms with Crippen molar-refractivity contribution >= 4 is 5.97 Å². The molecular formula is C14H25NO2. The molecule has 1 N–H and O–H groups in total. The van der Waals surface area contributed by atoms with Crippen molar-refractivity contribution in [2.45, 2.75) is 64.5 Å². The molecule has 2 unspecified atom stereocenters. The molecule has 0 bridgehead atoms. The number of carbonyl (C=O) groups is 1. The second kappa shape index (κ2) is 4.97. The van der Waals surface area contributed by atoms with Gasteiger partial charge in [0.1, 0.15) is 11.6 Å². The van der Waals surface area contributed by atoms with Crippen LogP contribution in [0.4, 0.5) is 0 Å². The first-order valence-corrected chi connectivity index (χ1v) is 6.92. The Morgan fingerprint density at radius 1 is 1.18 bits per heavy atom. The second-order valence-electron chi connectivity index (χ2n) is 6.53. The minimum absolute atomic E-state index is 0.0696. The van der Waals surface area contributed by atoms with E-state index >= 15 is 0 Å². The normalized spacial score (nSPS) is 30.8. The molecule has 0 aromatic heterocycles. The first-order valence-electron chi connectivity index (χ1n) is 6.92. The standard InChI is InChI=1S/C14H25NO2/c1-14(2,3)17-13(16)12-8-11(9-15-12)10-6-4-5-7-10/h10-12,15H,4-9H2,1-3H3. The fourth-order valence-corrected chi connectivity index (χ4v) is 3.10. The molecule has 2 aliphatic rings. The van der Waals surface area contributed by atoms with E-state index in [0.29, 0.717) is 5.92 Å². The van der Waals surface area contributed by atoms with Gasteiger partial charge >= 0.3 is 5.97 Å². The number of hydrogen-bond acceptors (Lipinski definition) is 3. The van der Waals surface area contributed by atoms with E-state index in [1.54, 1.807) is 0 Å². The van der Waals surface area contributed by atoms with Gasteiger partial charge in [-0.15, -0.1) is 0 Å². The fourth-order valence-electron chi connectivity index (χ4n) is 3.10. The van der Waals surface area contributed by atoms with Gasteiger partial charge < -0.3 is 10.1 Å². The highest BCUT2D eigenvalue weighted by Gasteiger charge is 2.36. The number of hydrogen-bond donors (Lipinski definition) is 1. The van der Waals surface area contributed by atoms with E-state index in [1.165, 1.54) is 25.7 Å². The number of nitrogens with one attached hydrogen (secondary N) is 1. The Morgan fingerprint density at radius 3 is 2.41 bits per heavy atom. The number of esters is 1. The third-order valence-electron chi connectivity index (χ3n) is 3.92. The Balaban J connectivity index is 1.82. The van der Waals surface area contributed by atoms with Crippen LogP contribution in [0.25, 0.3) is 0 Å². The van der Waals surface area contributed by atoms with Gasteiger partial charge in [-0.1, -0.05) is 25.7 Å². The largest absolute Gasteiger partial charge is 0.459 e. The predicted octanol–water partition coefficient (Wildman–Crippen LogP) is 2.50. The van der Waals surface area contributed by atoms with Crippen molar-refractivity contribution in [3.05, 3.63) is 0 Å². The summed E-state index contributed by atoms with van der Waals surface area (Å²) in [7, 11) is 0. The van der Waals surface area contributed by atoms with Gasteiger partial charge in [0.15, 0.2) is 0 Å². The summed E-state index contributed by atoms with van der Waals surface area (Å²) < 4.78 is 5.43. The Kier molecular flexibility index (Phi) is 3.76. The van der Waals surface area contributed by atoms with Gasteiger partial charge in [-0.3, -0.25) is 4.79 Å². The maximum absolute atomic E-state index is 11.9. The van der Waals surface area contributed by atoms with Crippen LogP contribution < -0.4 is 5.32 Å². The summed E-state index contributed by atoms with van der Waals surface area (Å²) >= 11 is 0. The summed E-state index contributed by atoms with van der Waals surface area (Å²) in [5, 5.41) is 3.33. The molecule has 2 atom stereocenters. The minimum Gasteiger partial charge on any atom is -0.459 e. The molecule has 2 rings (SSSR count). The number of ether oxygens (including phenoxy) is 1. The van der Waals surface area contributed by atoms with Crippen LogP contribution in [0.1, 0.15) is 52.9 Å². The zero-order valence-electron chi connectivity index (χ0n) is 11.3. The molecule has 98 valence electrons. The average Bonchev–Trinajstić information content (AvgIpc) is 2.86. The smallest absolute Gasteiger partial charge is 0.323 e. The molecule has 3 heteroatoms. The highest BCUT2D eigenvalue weighted by Crippen LogP contribution is 2.35. The summed E-state index contributed by atoms with van der Waals surface area (Å²) in [5.41, 5.74) is -0.371. The first kappa shape index (κ1) is 12.9. The molecule has 1 saturated carbocycles. The number of rotatable bonds is 2. The molecule has 1 aliphatic carbocycles. The van der Waals surface area contributed by atoms with Crippen LogP contribution in [-0.2, 0) is 9.53 Å². The minimum atomic E-state index is -0.371. The third-order valence-corrected chi connectivity index (χ3v) is 3.92. The molecular weight excluding hydrogens is 214 g/mol. The van der Waals surface area contributed by atoms with E-state index in [4.69, 9.17) is 4.74 Å². The Bertz CT molecular complexity index is 276. The van der Waals surface area contributed by atoms with E-state index in [1.807, 2.05) is 20.8 Å². The molecule has 1 saturated heterocycles. The van der Waals surface area contributed by atoms with E-state index in [-0.39, 0.29) is 17.6 Å². The van der Waals surface area contributed by atoms with Crippen molar-refractivity contribution in [2.24, 2.45) is 11.8 Å². The van der Waals surface area contributed by atoms with Gasteiger partial charge in [0.05, 0.1) is 0 Å². The maximum Gasteiger partial charge on any atom is 0.323 e. The molecule has 3 nitrogen and oxygen atoms in total. The van der Waals surface area contributed by atoms with Gasteiger partial charge in [-0.25, -0.2) is 0 Å². The number of carbonyl (C=O) groups excluding carboxylic acids is 1. The topological polar surface area (TPSA) is 38.3 Å². The van der Waals surface area contributed by atoms with Crippen molar-refractivity contribution in [3.8, 4) is 0 Å². The zero-order valence-corrected chi connectivity index (χ0v) is 11.3. The molecule has 0 aromatic rings. The van der Waals surface area contributed by atoms with Crippen LogP contribution >= 0.6 is 0 Å². The molecule has 1 aliphatic heterocycles. The highest BCUT2D eigenvalue weighted by molar-refractivity contribution is 5.76. The highest BCUT2D eigenvalue weighted by atomic mass is 16.6. The Morgan fingerprint density at radius 2 is 1.82 bits per heavy atom. The SMILES string of the molecule is CC(C)(C)OC(=O)C1CC(C2CCCC2)CN1. The molecule has 0 spiro atoms. The second-order valence-corrected chi connectivity index (χ2v) is 6.53. The molecule has 1 heterocycles. The van der Waals surface area contributed by atoms with Gasteiger partial charge in [0.2, 0.25) is 0 Å². The van der Waals surface area contributed by atoms with Crippen LogP contribution in [0, 0.1) is 11.8 Å². The van der Waals surface area contributed by atoms with Crippen LogP contribution in [0.3, 0.4) is 0 Å². The van der Waals surface area contributed by atoms with E-state index in [9.17, 15) is 4.79 Å². The molecule has 0 radical (unpaired) electrons. The maximum atomic E-state index is 11.9. The molecule has 0 amide bonds. The first-order chi connectivity index (χ1) is 7.96. The van der Waals surface area contributed by atoms with E-state index in [2.05, 4.69) is 5.32 Å². The van der Waals surface area contributed by atoms with Crippen molar-refractivity contribution in [2.75, 3.05) is 6.54 Å². The third kappa shape index (κ3) is 3.44. The van der Waals surface area contributed by atoms with E-state index < -0.39 is 0 Å². The van der Waals surface area contributed by atoms with Crippen LogP contribution in [0.15, 0.2) is 0 Å². The quantitative estimate of drug-likeness (QED) is 0.752. The molecule has 17 heavy (non-hydrogen) atoms. The Hall–Kier alpha value is -0.570. The molecule has 0 aromatic carbocycles. The van der Waals surface area contributed by atoms with Crippen molar-refractivity contribution in [1.82, 2.24) is 5.32 Å². The monoisotopic (exact) mass is 239 g/mol. The van der Waals surface area contributed by atoms with Gasteiger partial charge in [0.25, 0.3) is 0 Å². The van der Waals surface area contributed by atoms with E-state index in [0.717, 1.165) is 18.9 Å². The average molecular weight is 239 g/mol. The summed E-state index contributed by atoms with van der Waals surface area (Å²) in [6.07, 6.45) is 6.43. The Labute approximate surface area is 104 Å². The lowest BCUT2D eigenvalue weighted by Gasteiger charge is -2.22. The summed E-state index contributed by atoms with van der Waals surface area (Å²) in [4.78, 5) is 11.9. The van der Waals surface area contributed by atoms with Gasteiger partial charge in [-0.05, 0) is 45.6 Å².